The molecular formula is C18H22ClN. The average molecular weight is 288 g/mol. The second-order valence-electron chi connectivity index (χ2n) is 5.00. The maximum atomic E-state index is 6.06. The van der Waals surface area contributed by atoms with Gasteiger partial charge in [-0.1, -0.05) is 48.0 Å². The minimum absolute atomic E-state index is 0.810. The lowest BCUT2D eigenvalue weighted by Gasteiger charge is -2.23. The van der Waals surface area contributed by atoms with E-state index in [1.165, 1.54) is 24.1 Å². The molecule has 2 aromatic rings. The summed E-state index contributed by atoms with van der Waals surface area (Å²) in [4.78, 5) is 2.39. The molecule has 0 aromatic heterocycles. The number of nitrogens with zero attached hydrogens (tertiary/aromatic N) is 1. The third-order valence-electron chi connectivity index (χ3n) is 3.54. The van der Waals surface area contributed by atoms with Crippen LogP contribution in [0.25, 0.3) is 0 Å². The minimum atomic E-state index is 0.810. The second kappa shape index (κ2) is 7.96. The predicted octanol–water partition coefficient (Wildman–Crippen LogP) is 5.19. The molecule has 0 spiro atoms. The zero-order valence-electron chi connectivity index (χ0n) is 12.1. The van der Waals surface area contributed by atoms with Gasteiger partial charge in [-0.15, -0.1) is 0 Å². The molecule has 0 aliphatic heterocycles. The van der Waals surface area contributed by atoms with Crippen LogP contribution in [0.1, 0.15) is 25.3 Å². The van der Waals surface area contributed by atoms with E-state index in [1.807, 2.05) is 18.2 Å². The molecule has 0 saturated heterocycles. The van der Waals surface area contributed by atoms with Gasteiger partial charge in [0.05, 0.1) is 0 Å². The average Bonchev–Trinajstić information content (AvgIpc) is 2.48. The monoisotopic (exact) mass is 287 g/mol. The molecule has 0 bridgehead atoms. The lowest BCUT2D eigenvalue weighted by atomic mass is 10.1. The van der Waals surface area contributed by atoms with E-state index in [4.69, 9.17) is 11.6 Å². The van der Waals surface area contributed by atoms with Gasteiger partial charge in [0.25, 0.3) is 0 Å². The molecule has 0 heterocycles. The van der Waals surface area contributed by atoms with E-state index in [2.05, 4.69) is 48.2 Å². The summed E-state index contributed by atoms with van der Waals surface area (Å²) in [6.45, 7) is 4.30. The SMILES string of the molecule is CCN(CCCCc1ccccc1)c1cccc(Cl)c1. The molecule has 2 heteroatoms. The van der Waals surface area contributed by atoms with Crippen molar-refractivity contribution < 1.29 is 0 Å². The number of halogens is 1. The highest BCUT2D eigenvalue weighted by molar-refractivity contribution is 6.30. The maximum absolute atomic E-state index is 6.06. The van der Waals surface area contributed by atoms with Crippen LogP contribution in [0.4, 0.5) is 5.69 Å². The molecule has 0 aliphatic rings. The van der Waals surface area contributed by atoms with Gasteiger partial charge >= 0.3 is 0 Å². The topological polar surface area (TPSA) is 3.24 Å². The van der Waals surface area contributed by atoms with Crippen LogP contribution in [0.5, 0.6) is 0 Å². The predicted molar refractivity (Wildman–Crippen MR) is 88.7 cm³/mol. The van der Waals surface area contributed by atoms with E-state index < -0.39 is 0 Å². The third kappa shape index (κ3) is 4.57. The summed E-state index contributed by atoms with van der Waals surface area (Å²) < 4.78 is 0. The first kappa shape index (κ1) is 14.9. The summed E-state index contributed by atoms with van der Waals surface area (Å²) in [5, 5.41) is 0.810. The molecule has 1 nitrogen and oxygen atoms in total. The largest absolute Gasteiger partial charge is 0.372 e. The van der Waals surface area contributed by atoms with Crippen LogP contribution in [0, 0.1) is 0 Å². The summed E-state index contributed by atoms with van der Waals surface area (Å²) >= 11 is 6.06. The molecule has 0 N–H and O–H groups in total. The van der Waals surface area contributed by atoms with Gasteiger partial charge in [-0.3, -0.25) is 0 Å². The van der Waals surface area contributed by atoms with Crippen molar-refractivity contribution in [1.29, 1.82) is 0 Å². The van der Waals surface area contributed by atoms with E-state index >= 15 is 0 Å². The molecule has 106 valence electrons. The fraction of sp³-hybridized carbons (Fsp3) is 0.333. The first-order valence-electron chi connectivity index (χ1n) is 7.34. The molecule has 0 aliphatic carbocycles. The van der Waals surface area contributed by atoms with E-state index in [0.29, 0.717) is 0 Å². The molecule has 2 rings (SSSR count). The van der Waals surface area contributed by atoms with Gasteiger partial charge in [0.15, 0.2) is 0 Å². The highest BCUT2D eigenvalue weighted by atomic mass is 35.5. The quantitative estimate of drug-likeness (QED) is 0.634. The van der Waals surface area contributed by atoms with E-state index in [0.717, 1.165) is 24.5 Å². The lowest BCUT2D eigenvalue weighted by molar-refractivity contribution is 0.696. The fourth-order valence-corrected chi connectivity index (χ4v) is 2.60. The number of hydrogen-bond acceptors (Lipinski definition) is 1. The molecule has 0 saturated carbocycles. The molecule has 2 aromatic carbocycles. The highest BCUT2D eigenvalue weighted by Gasteiger charge is 2.04. The van der Waals surface area contributed by atoms with Crippen LogP contribution in [0.3, 0.4) is 0 Å². The van der Waals surface area contributed by atoms with E-state index in [9.17, 15) is 0 Å². The summed E-state index contributed by atoms with van der Waals surface area (Å²) in [6.07, 6.45) is 3.59. The number of unbranched alkanes of at least 4 members (excludes halogenated alkanes) is 1. The van der Waals surface area contributed by atoms with Gasteiger partial charge in [0.1, 0.15) is 0 Å². The number of rotatable bonds is 7. The summed E-state index contributed by atoms with van der Waals surface area (Å²) in [6, 6.07) is 18.8. The normalized spacial score (nSPS) is 10.5. The Morgan fingerprint density at radius 2 is 1.75 bits per heavy atom. The van der Waals surface area contributed by atoms with E-state index in [-0.39, 0.29) is 0 Å². The number of benzene rings is 2. The number of hydrogen-bond donors (Lipinski definition) is 0. The molecule has 0 unspecified atom stereocenters. The van der Waals surface area contributed by atoms with Crippen molar-refractivity contribution in [2.24, 2.45) is 0 Å². The highest BCUT2D eigenvalue weighted by Crippen LogP contribution is 2.19. The van der Waals surface area contributed by atoms with Gasteiger partial charge < -0.3 is 4.90 Å². The van der Waals surface area contributed by atoms with Crippen LogP contribution in [0.2, 0.25) is 5.02 Å². The van der Waals surface area contributed by atoms with Crippen molar-refractivity contribution in [2.45, 2.75) is 26.2 Å². The van der Waals surface area contributed by atoms with Crippen molar-refractivity contribution >= 4 is 17.3 Å². The Morgan fingerprint density at radius 3 is 2.45 bits per heavy atom. The Hall–Kier alpha value is -1.47. The summed E-state index contributed by atoms with van der Waals surface area (Å²) in [7, 11) is 0. The van der Waals surface area contributed by atoms with Crippen LogP contribution < -0.4 is 4.90 Å². The number of aryl methyl sites for hydroxylation is 1. The molecular weight excluding hydrogens is 266 g/mol. The van der Waals surface area contributed by atoms with Crippen LogP contribution in [0.15, 0.2) is 54.6 Å². The zero-order valence-corrected chi connectivity index (χ0v) is 12.8. The van der Waals surface area contributed by atoms with Gasteiger partial charge in [0.2, 0.25) is 0 Å². The smallest absolute Gasteiger partial charge is 0.0426 e. The Kier molecular flexibility index (Phi) is 5.94. The Labute approximate surface area is 127 Å². The molecule has 0 atom stereocenters. The van der Waals surface area contributed by atoms with Crippen molar-refractivity contribution in [3.8, 4) is 0 Å². The van der Waals surface area contributed by atoms with Crippen molar-refractivity contribution in [1.82, 2.24) is 0 Å². The zero-order chi connectivity index (χ0) is 14.2. The van der Waals surface area contributed by atoms with Gasteiger partial charge in [0, 0.05) is 23.8 Å². The van der Waals surface area contributed by atoms with Gasteiger partial charge in [-0.05, 0) is 49.9 Å². The van der Waals surface area contributed by atoms with Gasteiger partial charge in [-0.2, -0.15) is 0 Å². The van der Waals surface area contributed by atoms with Crippen LogP contribution in [-0.2, 0) is 6.42 Å². The van der Waals surface area contributed by atoms with Crippen molar-refractivity contribution in [3.63, 3.8) is 0 Å². The first-order valence-corrected chi connectivity index (χ1v) is 7.72. The molecule has 0 radical (unpaired) electrons. The fourth-order valence-electron chi connectivity index (χ4n) is 2.42. The first-order chi connectivity index (χ1) is 9.79. The minimum Gasteiger partial charge on any atom is -0.372 e. The van der Waals surface area contributed by atoms with E-state index in [1.54, 1.807) is 0 Å². The standard InChI is InChI=1S/C18H22ClN/c1-2-20(18-13-8-12-17(19)15-18)14-7-6-11-16-9-4-3-5-10-16/h3-5,8-10,12-13,15H,2,6-7,11,14H2,1H3. The molecule has 0 fully saturated rings. The summed E-state index contributed by atoms with van der Waals surface area (Å²) in [5.41, 5.74) is 2.65. The van der Waals surface area contributed by atoms with Gasteiger partial charge in [-0.25, -0.2) is 0 Å². The Balaban J connectivity index is 1.80. The maximum Gasteiger partial charge on any atom is 0.0426 e. The number of anilines is 1. The second-order valence-corrected chi connectivity index (χ2v) is 5.44. The molecule has 20 heavy (non-hydrogen) atoms. The Bertz CT molecular complexity index is 510. The Morgan fingerprint density at radius 1 is 0.950 bits per heavy atom. The van der Waals surface area contributed by atoms with Crippen LogP contribution in [-0.4, -0.2) is 13.1 Å². The van der Waals surface area contributed by atoms with Crippen molar-refractivity contribution in [2.75, 3.05) is 18.0 Å². The van der Waals surface area contributed by atoms with Crippen molar-refractivity contribution in [3.05, 3.63) is 65.2 Å². The van der Waals surface area contributed by atoms with Crippen LogP contribution >= 0.6 is 11.6 Å². The third-order valence-corrected chi connectivity index (χ3v) is 3.78. The lowest BCUT2D eigenvalue weighted by Crippen LogP contribution is -2.23. The summed E-state index contributed by atoms with van der Waals surface area (Å²) in [5.74, 6) is 0. The molecule has 0 amide bonds.